The Balaban J connectivity index is 1.99. The molecule has 0 radical (unpaired) electrons. The zero-order chi connectivity index (χ0) is 25.4. The fourth-order valence-electron chi connectivity index (χ4n) is 3.83. The number of nitrogen functional groups attached to an aromatic ring is 1. The third-order valence-electron chi connectivity index (χ3n) is 5.66. The summed E-state index contributed by atoms with van der Waals surface area (Å²) in [5.74, 6) is 0.460. The average Bonchev–Trinajstić information content (AvgIpc) is 3.36. The first-order valence-electron chi connectivity index (χ1n) is 11.7. The summed E-state index contributed by atoms with van der Waals surface area (Å²) in [5.41, 5.74) is 5.94. The van der Waals surface area contributed by atoms with Gasteiger partial charge in [-0.3, -0.25) is 19.1 Å². The first kappa shape index (κ1) is 26.1. The number of methoxy groups -OCH3 is 1. The van der Waals surface area contributed by atoms with Crippen molar-refractivity contribution in [3.8, 4) is 5.75 Å². The van der Waals surface area contributed by atoms with E-state index in [-0.39, 0.29) is 24.0 Å². The Labute approximate surface area is 208 Å². The van der Waals surface area contributed by atoms with Crippen molar-refractivity contribution in [3.05, 3.63) is 67.5 Å². The molecule has 3 rings (SSSR count). The molecule has 0 unspecified atom stereocenters. The molecule has 0 fully saturated rings. The number of aromatic amines is 1. The van der Waals surface area contributed by atoms with E-state index < -0.39 is 11.2 Å². The van der Waals surface area contributed by atoms with Crippen LogP contribution in [-0.2, 0) is 17.9 Å². The van der Waals surface area contributed by atoms with Crippen LogP contribution in [0.5, 0.6) is 5.75 Å². The van der Waals surface area contributed by atoms with Crippen LogP contribution in [0.25, 0.3) is 0 Å². The van der Waals surface area contributed by atoms with E-state index in [1.807, 2.05) is 60.5 Å². The number of benzene rings is 1. The first-order valence-corrected chi connectivity index (χ1v) is 12.6. The summed E-state index contributed by atoms with van der Waals surface area (Å²) in [6.45, 7) is 5.14. The van der Waals surface area contributed by atoms with E-state index in [9.17, 15) is 14.4 Å². The molecule has 9 nitrogen and oxygen atoms in total. The summed E-state index contributed by atoms with van der Waals surface area (Å²) in [7, 11) is 1.60. The Morgan fingerprint density at radius 2 is 1.89 bits per heavy atom. The Bertz CT molecular complexity index is 1220. The van der Waals surface area contributed by atoms with Gasteiger partial charge in [0.15, 0.2) is 5.69 Å². The maximum atomic E-state index is 13.7. The van der Waals surface area contributed by atoms with Gasteiger partial charge in [0.2, 0.25) is 5.91 Å². The predicted octanol–water partition coefficient (Wildman–Crippen LogP) is 3.44. The molecule has 0 bridgehead atoms. The molecule has 0 atom stereocenters. The van der Waals surface area contributed by atoms with Gasteiger partial charge in [-0.2, -0.15) is 0 Å². The number of ether oxygens (including phenoxy) is 1. The summed E-state index contributed by atoms with van der Waals surface area (Å²) in [6.07, 6.45) is 2.17. The quantitative estimate of drug-likeness (QED) is 0.395. The number of H-pyrrole nitrogens is 1. The van der Waals surface area contributed by atoms with Gasteiger partial charge >= 0.3 is 5.69 Å². The number of rotatable bonds is 12. The SMILES string of the molecule is CCCCN(C(=O)CN(Cc1cccs1)c1ccc(OC)cc1)c1c(N)n(CCC)c(=O)[nH]c1=O. The molecule has 0 aliphatic rings. The van der Waals surface area contributed by atoms with Gasteiger partial charge in [0.25, 0.3) is 5.56 Å². The summed E-state index contributed by atoms with van der Waals surface area (Å²) < 4.78 is 6.59. The maximum Gasteiger partial charge on any atom is 0.330 e. The monoisotopic (exact) mass is 499 g/mol. The van der Waals surface area contributed by atoms with Crippen molar-refractivity contribution >= 4 is 34.4 Å². The summed E-state index contributed by atoms with van der Waals surface area (Å²) in [6, 6.07) is 11.5. The number of thiophene rings is 1. The van der Waals surface area contributed by atoms with Gasteiger partial charge in [0.1, 0.15) is 11.6 Å². The number of carbonyl (C=O) groups excluding carboxylic acids is 1. The molecular formula is C25H33N5O4S. The lowest BCUT2D eigenvalue weighted by Crippen LogP contribution is -2.45. The normalized spacial score (nSPS) is 10.8. The van der Waals surface area contributed by atoms with Gasteiger partial charge in [-0.05, 0) is 48.6 Å². The van der Waals surface area contributed by atoms with Crippen molar-refractivity contribution in [2.24, 2.45) is 0 Å². The van der Waals surface area contributed by atoms with E-state index in [2.05, 4.69) is 4.98 Å². The first-order chi connectivity index (χ1) is 16.9. The minimum Gasteiger partial charge on any atom is -0.497 e. The molecule has 3 N–H and O–H groups in total. The highest BCUT2D eigenvalue weighted by Gasteiger charge is 2.26. The van der Waals surface area contributed by atoms with Crippen LogP contribution in [0.2, 0.25) is 0 Å². The van der Waals surface area contributed by atoms with Crippen molar-refractivity contribution in [1.29, 1.82) is 0 Å². The largest absolute Gasteiger partial charge is 0.497 e. The molecule has 1 amide bonds. The van der Waals surface area contributed by atoms with E-state index in [1.54, 1.807) is 18.4 Å². The molecule has 3 aromatic rings. The minimum absolute atomic E-state index is 0.0132. The average molecular weight is 500 g/mol. The highest BCUT2D eigenvalue weighted by Crippen LogP contribution is 2.24. The number of hydrogen-bond acceptors (Lipinski definition) is 7. The molecule has 0 spiro atoms. The van der Waals surface area contributed by atoms with Gasteiger partial charge in [0, 0.05) is 23.7 Å². The van der Waals surface area contributed by atoms with Gasteiger partial charge < -0.3 is 20.3 Å². The molecule has 10 heteroatoms. The Morgan fingerprint density at radius 3 is 2.49 bits per heavy atom. The number of hydrogen-bond donors (Lipinski definition) is 2. The van der Waals surface area contributed by atoms with E-state index in [0.717, 1.165) is 22.7 Å². The highest BCUT2D eigenvalue weighted by atomic mass is 32.1. The number of nitrogens with two attached hydrogens (primary N) is 1. The minimum atomic E-state index is -0.654. The van der Waals surface area contributed by atoms with Crippen molar-refractivity contribution in [2.75, 3.05) is 35.7 Å². The smallest absolute Gasteiger partial charge is 0.330 e. The van der Waals surface area contributed by atoms with Crippen LogP contribution in [0.1, 0.15) is 38.0 Å². The van der Waals surface area contributed by atoms with Crippen molar-refractivity contribution < 1.29 is 9.53 Å². The molecule has 0 saturated carbocycles. The molecule has 0 saturated heterocycles. The van der Waals surface area contributed by atoms with E-state index in [1.165, 1.54) is 9.47 Å². The van der Waals surface area contributed by atoms with Gasteiger partial charge in [-0.25, -0.2) is 4.79 Å². The summed E-state index contributed by atoms with van der Waals surface area (Å²) >= 11 is 1.61. The fraction of sp³-hybridized carbons (Fsp3) is 0.400. The number of anilines is 3. The predicted molar refractivity (Wildman–Crippen MR) is 142 cm³/mol. The highest BCUT2D eigenvalue weighted by molar-refractivity contribution is 7.09. The van der Waals surface area contributed by atoms with Crippen LogP contribution in [0.15, 0.2) is 51.4 Å². The molecular weight excluding hydrogens is 466 g/mol. The van der Waals surface area contributed by atoms with Crippen LogP contribution >= 0.6 is 11.3 Å². The number of nitrogens with one attached hydrogen (secondary N) is 1. The Morgan fingerprint density at radius 1 is 1.14 bits per heavy atom. The van der Waals surface area contributed by atoms with Crippen LogP contribution in [0.4, 0.5) is 17.2 Å². The Hall–Kier alpha value is -3.53. The van der Waals surface area contributed by atoms with Gasteiger partial charge in [-0.15, -0.1) is 11.3 Å². The van der Waals surface area contributed by atoms with Gasteiger partial charge in [0.05, 0.1) is 20.2 Å². The summed E-state index contributed by atoms with van der Waals surface area (Å²) in [5, 5.41) is 1.99. The van der Waals surface area contributed by atoms with Crippen LogP contribution in [0, 0.1) is 0 Å². The van der Waals surface area contributed by atoms with E-state index >= 15 is 0 Å². The maximum absolute atomic E-state index is 13.7. The number of carbonyl (C=O) groups is 1. The lowest BCUT2D eigenvalue weighted by atomic mass is 10.2. The molecule has 1 aromatic carbocycles. The van der Waals surface area contributed by atoms with Crippen LogP contribution < -0.4 is 31.5 Å². The molecule has 0 aliphatic heterocycles. The molecule has 2 heterocycles. The second-order valence-electron chi connectivity index (χ2n) is 8.18. The van der Waals surface area contributed by atoms with E-state index in [0.29, 0.717) is 32.5 Å². The topological polar surface area (TPSA) is 114 Å². The second kappa shape index (κ2) is 12.3. The number of unbranched alkanes of at least 4 members (excludes halogenated alkanes) is 1. The number of nitrogens with zero attached hydrogens (tertiary/aromatic N) is 3. The van der Waals surface area contributed by atoms with Crippen LogP contribution in [0.3, 0.4) is 0 Å². The second-order valence-corrected chi connectivity index (χ2v) is 9.21. The molecule has 0 aliphatic carbocycles. The van der Waals surface area contributed by atoms with Crippen molar-refractivity contribution in [1.82, 2.24) is 9.55 Å². The van der Waals surface area contributed by atoms with Crippen molar-refractivity contribution in [3.63, 3.8) is 0 Å². The van der Waals surface area contributed by atoms with Crippen molar-refractivity contribution in [2.45, 2.75) is 46.2 Å². The zero-order valence-corrected chi connectivity index (χ0v) is 21.3. The third kappa shape index (κ3) is 6.33. The number of amides is 1. The van der Waals surface area contributed by atoms with Gasteiger partial charge in [-0.1, -0.05) is 26.3 Å². The standard InChI is InChI=1S/C25H33N5O4S/c1-4-6-14-29(22-23(26)30(13-5-2)25(33)27-24(22)32)21(31)17-28(16-20-8-7-15-35-20)18-9-11-19(34-3)12-10-18/h7-12,15H,4-6,13-14,16-17,26H2,1-3H3,(H,27,32,33). The fourth-order valence-corrected chi connectivity index (χ4v) is 4.55. The molecule has 188 valence electrons. The Kier molecular flexibility index (Phi) is 9.13. The third-order valence-corrected chi connectivity index (χ3v) is 6.52. The lowest BCUT2D eigenvalue weighted by Gasteiger charge is -2.29. The van der Waals surface area contributed by atoms with E-state index in [4.69, 9.17) is 10.5 Å². The summed E-state index contributed by atoms with van der Waals surface area (Å²) in [4.78, 5) is 45.7. The zero-order valence-electron chi connectivity index (χ0n) is 20.5. The molecule has 2 aromatic heterocycles. The lowest BCUT2D eigenvalue weighted by molar-refractivity contribution is -0.117. The molecule has 35 heavy (non-hydrogen) atoms. The van der Waals surface area contributed by atoms with Crippen LogP contribution in [-0.4, -0.2) is 35.7 Å². The number of aromatic nitrogens is 2.